The van der Waals surface area contributed by atoms with Crippen molar-refractivity contribution in [1.29, 1.82) is 0 Å². The molecule has 0 aromatic carbocycles. The Morgan fingerprint density at radius 3 is 2.69 bits per heavy atom. The Morgan fingerprint density at radius 2 is 2.23 bits per heavy atom. The largest absolute Gasteiger partial charge is 0.382 e. The van der Waals surface area contributed by atoms with Gasteiger partial charge in [0.1, 0.15) is 5.82 Å². The highest BCUT2D eigenvalue weighted by Gasteiger charge is 2.05. The molecule has 0 aliphatic rings. The fraction of sp³-hybridized carbons (Fsp3) is 0.222. The molecule has 0 spiro atoms. The highest BCUT2D eigenvalue weighted by molar-refractivity contribution is 5.59. The average molecular weight is 176 g/mol. The summed E-state index contributed by atoms with van der Waals surface area (Å²) in [5, 5.41) is 6.76. The van der Waals surface area contributed by atoms with Gasteiger partial charge in [-0.05, 0) is 19.1 Å². The predicted octanol–water partition coefficient (Wildman–Crippen LogP) is 1.31. The number of nitrogens with one attached hydrogen (secondary N) is 1. The van der Waals surface area contributed by atoms with E-state index in [9.17, 15) is 0 Å². The zero-order valence-electron chi connectivity index (χ0n) is 7.70. The van der Waals surface area contributed by atoms with Gasteiger partial charge in [0.25, 0.3) is 0 Å². The fourth-order valence-electron chi connectivity index (χ4n) is 1.35. The Morgan fingerprint density at radius 1 is 1.46 bits per heavy atom. The van der Waals surface area contributed by atoms with Crippen LogP contribution in [0.1, 0.15) is 5.69 Å². The van der Waals surface area contributed by atoms with Crippen LogP contribution in [-0.4, -0.2) is 14.8 Å². The molecule has 0 fully saturated rings. The number of anilines is 1. The first-order valence-corrected chi connectivity index (χ1v) is 4.12. The van der Waals surface area contributed by atoms with Crippen LogP contribution in [0.25, 0.3) is 11.4 Å². The summed E-state index contributed by atoms with van der Waals surface area (Å²) in [6.07, 6.45) is 0. The molecule has 0 bridgehead atoms. The van der Waals surface area contributed by atoms with Crippen LogP contribution in [0.2, 0.25) is 0 Å². The standard InChI is InChI=1S/C9H12N4/c1-6-3-4-8(13(6)2)7-5-9(10)12-11-7/h3-5H,1-2H3,(H3,10,11,12). The van der Waals surface area contributed by atoms with E-state index in [1.54, 1.807) is 0 Å². The first-order valence-electron chi connectivity index (χ1n) is 4.12. The van der Waals surface area contributed by atoms with Gasteiger partial charge in [0.2, 0.25) is 0 Å². The third-order valence-electron chi connectivity index (χ3n) is 2.25. The lowest BCUT2D eigenvalue weighted by Gasteiger charge is -2.01. The lowest BCUT2D eigenvalue weighted by atomic mass is 10.3. The molecule has 0 aliphatic heterocycles. The second-order valence-corrected chi connectivity index (χ2v) is 3.13. The van der Waals surface area contributed by atoms with Gasteiger partial charge in [0, 0.05) is 18.8 Å². The summed E-state index contributed by atoms with van der Waals surface area (Å²) in [6.45, 7) is 2.06. The van der Waals surface area contributed by atoms with Crippen molar-refractivity contribution in [1.82, 2.24) is 14.8 Å². The average Bonchev–Trinajstić information content (AvgIpc) is 2.62. The summed E-state index contributed by atoms with van der Waals surface area (Å²) in [6, 6.07) is 5.93. The van der Waals surface area contributed by atoms with Gasteiger partial charge >= 0.3 is 0 Å². The third kappa shape index (κ3) is 1.20. The van der Waals surface area contributed by atoms with Gasteiger partial charge in [-0.3, -0.25) is 5.10 Å². The van der Waals surface area contributed by atoms with Gasteiger partial charge in [-0.2, -0.15) is 5.10 Å². The number of aromatic amines is 1. The fourth-order valence-corrected chi connectivity index (χ4v) is 1.35. The van der Waals surface area contributed by atoms with Crippen molar-refractivity contribution in [2.24, 2.45) is 7.05 Å². The molecule has 3 N–H and O–H groups in total. The zero-order chi connectivity index (χ0) is 9.42. The van der Waals surface area contributed by atoms with Crippen LogP contribution in [0.15, 0.2) is 18.2 Å². The van der Waals surface area contributed by atoms with Gasteiger partial charge in [-0.15, -0.1) is 0 Å². The van der Waals surface area contributed by atoms with E-state index in [0.29, 0.717) is 5.82 Å². The number of nitrogen functional groups attached to an aromatic ring is 1. The quantitative estimate of drug-likeness (QED) is 0.688. The highest BCUT2D eigenvalue weighted by Crippen LogP contribution is 2.20. The third-order valence-corrected chi connectivity index (χ3v) is 2.25. The molecular weight excluding hydrogens is 164 g/mol. The maximum absolute atomic E-state index is 5.52. The minimum atomic E-state index is 0.522. The smallest absolute Gasteiger partial charge is 0.145 e. The van der Waals surface area contributed by atoms with E-state index < -0.39 is 0 Å². The number of nitrogens with two attached hydrogens (primary N) is 1. The van der Waals surface area contributed by atoms with Crippen LogP contribution in [0, 0.1) is 6.92 Å². The number of H-pyrrole nitrogens is 1. The minimum Gasteiger partial charge on any atom is -0.382 e. The van der Waals surface area contributed by atoms with E-state index in [4.69, 9.17) is 5.73 Å². The highest BCUT2D eigenvalue weighted by atomic mass is 15.2. The van der Waals surface area contributed by atoms with E-state index in [-0.39, 0.29) is 0 Å². The Bertz CT molecular complexity index is 425. The Kier molecular flexibility index (Phi) is 1.62. The van der Waals surface area contributed by atoms with E-state index in [0.717, 1.165) is 11.4 Å². The number of hydrogen-bond acceptors (Lipinski definition) is 2. The molecule has 0 radical (unpaired) electrons. The van der Waals surface area contributed by atoms with Gasteiger partial charge in [-0.1, -0.05) is 0 Å². The van der Waals surface area contributed by atoms with E-state index in [1.807, 2.05) is 19.2 Å². The molecule has 4 nitrogen and oxygen atoms in total. The Hall–Kier alpha value is -1.71. The normalized spacial score (nSPS) is 10.6. The van der Waals surface area contributed by atoms with Gasteiger partial charge < -0.3 is 10.3 Å². The minimum absolute atomic E-state index is 0.522. The van der Waals surface area contributed by atoms with E-state index in [2.05, 4.69) is 27.8 Å². The van der Waals surface area contributed by atoms with Gasteiger partial charge in [-0.25, -0.2) is 0 Å². The molecule has 0 atom stereocenters. The molecular formula is C9H12N4. The van der Waals surface area contributed by atoms with Crippen LogP contribution < -0.4 is 5.73 Å². The summed E-state index contributed by atoms with van der Waals surface area (Å²) < 4.78 is 2.09. The first-order chi connectivity index (χ1) is 6.18. The van der Waals surface area contributed by atoms with Crippen LogP contribution >= 0.6 is 0 Å². The van der Waals surface area contributed by atoms with E-state index >= 15 is 0 Å². The molecule has 2 heterocycles. The Balaban J connectivity index is 2.52. The first kappa shape index (κ1) is 7.91. The van der Waals surface area contributed by atoms with Crippen LogP contribution in [0.5, 0.6) is 0 Å². The molecule has 0 amide bonds. The SMILES string of the molecule is Cc1ccc(-c2cc(N)n[nH]2)n1C. The predicted molar refractivity (Wildman–Crippen MR) is 52.1 cm³/mol. The molecule has 2 aromatic heterocycles. The molecule has 0 saturated carbocycles. The van der Waals surface area contributed by atoms with Crippen molar-refractivity contribution in [2.75, 3.05) is 5.73 Å². The summed E-state index contributed by atoms with van der Waals surface area (Å²) in [7, 11) is 2.02. The molecule has 0 aliphatic carbocycles. The topological polar surface area (TPSA) is 59.6 Å². The van der Waals surface area contributed by atoms with Crippen molar-refractivity contribution < 1.29 is 0 Å². The van der Waals surface area contributed by atoms with Crippen molar-refractivity contribution in [3.63, 3.8) is 0 Å². The summed E-state index contributed by atoms with van der Waals surface area (Å²) >= 11 is 0. The van der Waals surface area contributed by atoms with Crippen LogP contribution in [-0.2, 0) is 7.05 Å². The second-order valence-electron chi connectivity index (χ2n) is 3.13. The number of nitrogens with zero attached hydrogens (tertiary/aromatic N) is 2. The second kappa shape index (κ2) is 2.65. The maximum Gasteiger partial charge on any atom is 0.145 e. The summed E-state index contributed by atoms with van der Waals surface area (Å²) in [4.78, 5) is 0. The molecule has 68 valence electrons. The number of aryl methyl sites for hydroxylation is 1. The number of aromatic nitrogens is 3. The monoisotopic (exact) mass is 176 g/mol. The molecule has 2 rings (SSSR count). The van der Waals surface area contributed by atoms with E-state index in [1.165, 1.54) is 5.69 Å². The zero-order valence-corrected chi connectivity index (χ0v) is 7.70. The number of hydrogen-bond donors (Lipinski definition) is 2. The molecule has 0 saturated heterocycles. The molecule has 0 unspecified atom stereocenters. The van der Waals surface area contributed by atoms with Crippen molar-refractivity contribution >= 4 is 5.82 Å². The molecule has 2 aromatic rings. The van der Waals surface area contributed by atoms with Crippen molar-refractivity contribution in [3.05, 3.63) is 23.9 Å². The lowest BCUT2D eigenvalue weighted by Crippen LogP contribution is -1.93. The van der Waals surface area contributed by atoms with Crippen molar-refractivity contribution in [2.45, 2.75) is 6.92 Å². The number of rotatable bonds is 1. The van der Waals surface area contributed by atoms with Crippen LogP contribution in [0.3, 0.4) is 0 Å². The summed E-state index contributed by atoms with van der Waals surface area (Å²) in [5.74, 6) is 0.522. The molecule has 13 heavy (non-hydrogen) atoms. The Labute approximate surface area is 76.4 Å². The maximum atomic E-state index is 5.52. The van der Waals surface area contributed by atoms with Crippen LogP contribution in [0.4, 0.5) is 5.82 Å². The van der Waals surface area contributed by atoms with Gasteiger partial charge in [0.05, 0.1) is 11.4 Å². The van der Waals surface area contributed by atoms with Gasteiger partial charge in [0.15, 0.2) is 0 Å². The lowest BCUT2D eigenvalue weighted by molar-refractivity contribution is 0.884. The van der Waals surface area contributed by atoms with Crippen molar-refractivity contribution in [3.8, 4) is 11.4 Å². The summed E-state index contributed by atoms with van der Waals surface area (Å²) in [5.41, 5.74) is 8.78. The molecule has 4 heteroatoms.